The molecule has 1 aromatic rings. The number of benzene rings is 1. The zero-order valence-electron chi connectivity index (χ0n) is 11.5. The second-order valence-electron chi connectivity index (χ2n) is 5.36. The molecule has 2 atom stereocenters. The van der Waals surface area contributed by atoms with Gasteiger partial charge in [-0.05, 0) is 36.5 Å². The van der Waals surface area contributed by atoms with E-state index in [2.05, 4.69) is 39.0 Å². The Bertz CT molecular complexity index is 403. The molecule has 3 heteroatoms. The highest BCUT2D eigenvalue weighted by atomic mass is 16.5. The maximum absolute atomic E-state index is 6.07. The Morgan fingerprint density at radius 2 is 2.17 bits per heavy atom. The molecule has 0 aromatic heterocycles. The fourth-order valence-corrected chi connectivity index (χ4v) is 2.12. The predicted octanol–water partition coefficient (Wildman–Crippen LogP) is 2.61. The Labute approximate surface area is 109 Å². The Morgan fingerprint density at radius 3 is 2.83 bits per heavy atom. The van der Waals surface area contributed by atoms with Gasteiger partial charge in [-0.1, -0.05) is 26.0 Å². The molecule has 1 heterocycles. The number of hydrogen-bond donors (Lipinski definition) is 1. The topological polar surface area (TPSA) is 44.5 Å². The molecule has 0 amide bonds. The van der Waals surface area contributed by atoms with Crippen LogP contribution in [-0.2, 0) is 4.74 Å². The van der Waals surface area contributed by atoms with Crippen LogP contribution in [0.1, 0.15) is 37.3 Å². The number of nitrogens with two attached hydrogens (primary N) is 1. The second kappa shape index (κ2) is 5.72. The van der Waals surface area contributed by atoms with E-state index in [1.807, 2.05) is 0 Å². The number of rotatable bonds is 3. The summed E-state index contributed by atoms with van der Waals surface area (Å²) in [5.41, 5.74) is 8.51. The van der Waals surface area contributed by atoms with Crippen LogP contribution in [0.2, 0.25) is 0 Å². The van der Waals surface area contributed by atoms with E-state index in [-0.39, 0.29) is 12.1 Å². The van der Waals surface area contributed by atoms with Gasteiger partial charge in [-0.3, -0.25) is 0 Å². The van der Waals surface area contributed by atoms with Crippen molar-refractivity contribution in [3.8, 4) is 5.75 Å². The van der Waals surface area contributed by atoms with Crippen LogP contribution in [-0.4, -0.2) is 25.4 Å². The molecule has 1 aliphatic heterocycles. The lowest BCUT2D eigenvalue weighted by molar-refractivity contribution is -0.00561. The SMILES string of the molecule is Cc1ccc(C(C)C)cc1OC1COCCC1N. The van der Waals surface area contributed by atoms with E-state index in [0.29, 0.717) is 12.5 Å². The summed E-state index contributed by atoms with van der Waals surface area (Å²) in [6.07, 6.45) is 0.841. The van der Waals surface area contributed by atoms with Crippen molar-refractivity contribution in [2.24, 2.45) is 5.73 Å². The molecular formula is C15H23NO2. The quantitative estimate of drug-likeness (QED) is 0.895. The largest absolute Gasteiger partial charge is 0.486 e. The molecule has 2 rings (SSSR count). The molecule has 1 fully saturated rings. The Balaban J connectivity index is 2.14. The lowest BCUT2D eigenvalue weighted by Gasteiger charge is -2.30. The molecule has 1 aromatic carbocycles. The minimum Gasteiger partial charge on any atom is -0.486 e. The van der Waals surface area contributed by atoms with Gasteiger partial charge in [0, 0.05) is 12.6 Å². The summed E-state index contributed by atoms with van der Waals surface area (Å²) in [5, 5.41) is 0. The monoisotopic (exact) mass is 249 g/mol. The zero-order chi connectivity index (χ0) is 13.1. The fourth-order valence-electron chi connectivity index (χ4n) is 2.12. The molecule has 2 N–H and O–H groups in total. The van der Waals surface area contributed by atoms with Crippen molar-refractivity contribution in [1.29, 1.82) is 0 Å². The van der Waals surface area contributed by atoms with E-state index in [4.69, 9.17) is 15.2 Å². The third-order valence-corrected chi connectivity index (χ3v) is 3.51. The zero-order valence-corrected chi connectivity index (χ0v) is 11.5. The van der Waals surface area contributed by atoms with Crippen LogP contribution in [0.25, 0.3) is 0 Å². The van der Waals surface area contributed by atoms with E-state index in [0.717, 1.165) is 24.3 Å². The van der Waals surface area contributed by atoms with Gasteiger partial charge in [-0.2, -0.15) is 0 Å². The van der Waals surface area contributed by atoms with E-state index in [9.17, 15) is 0 Å². The van der Waals surface area contributed by atoms with Crippen molar-refractivity contribution < 1.29 is 9.47 Å². The van der Waals surface area contributed by atoms with Crippen LogP contribution in [0.4, 0.5) is 0 Å². The minimum atomic E-state index is -0.0279. The number of ether oxygens (including phenoxy) is 2. The fraction of sp³-hybridized carbons (Fsp3) is 0.600. The van der Waals surface area contributed by atoms with Gasteiger partial charge in [-0.25, -0.2) is 0 Å². The molecule has 0 spiro atoms. The predicted molar refractivity (Wildman–Crippen MR) is 73.1 cm³/mol. The maximum Gasteiger partial charge on any atom is 0.137 e. The van der Waals surface area contributed by atoms with Crippen molar-refractivity contribution in [3.05, 3.63) is 29.3 Å². The minimum absolute atomic E-state index is 0.0279. The molecular weight excluding hydrogens is 226 g/mol. The Hall–Kier alpha value is -1.06. The summed E-state index contributed by atoms with van der Waals surface area (Å²) in [7, 11) is 0. The van der Waals surface area contributed by atoms with Gasteiger partial charge in [0.05, 0.1) is 6.61 Å². The van der Waals surface area contributed by atoms with Gasteiger partial charge in [0.1, 0.15) is 11.9 Å². The van der Waals surface area contributed by atoms with Crippen molar-refractivity contribution in [2.45, 2.75) is 45.3 Å². The van der Waals surface area contributed by atoms with E-state index >= 15 is 0 Å². The smallest absolute Gasteiger partial charge is 0.137 e. The first-order valence-corrected chi connectivity index (χ1v) is 6.68. The molecule has 2 unspecified atom stereocenters. The van der Waals surface area contributed by atoms with Crippen molar-refractivity contribution in [2.75, 3.05) is 13.2 Å². The third kappa shape index (κ3) is 3.03. The molecule has 1 saturated heterocycles. The van der Waals surface area contributed by atoms with E-state index in [1.54, 1.807) is 0 Å². The van der Waals surface area contributed by atoms with Crippen molar-refractivity contribution >= 4 is 0 Å². The Morgan fingerprint density at radius 1 is 1.39 bits per heavy atom. The standard InChI is InChI=1S/C15H23NO2/c1-10(2)12-5-4-11(3)14(8-12)18-15-9-17-7-6-13(15)16/h4-5,8,10,13,15H,6-7,9,16H2,1-3H3. The first-order valence-electron chi connectivity index (χ1n) is 6.68. The molecule has 18 heavy (non-hydrogen) atoms. The van der Waals surface area contributed by atoms with Gasteiger partial charge >= 0.3 is 0 Å². The van der Waals surface area contributed by atoms with Crippen LogP contribution in [0.5, 0.6) is 5.75 Å². The average Bonchev–Trinajstić information content (AvgIpc) is 2.34. The molecule has 0 aliphatic carbocycles. The molecule has 0 radical (unpaired) electrons. The summed E-state index contributed by atoms with van der Waals surface area (Å²) in [5.74, 6) is 1.44. The second-order valence-corrected chi connectivity index (χ2v) is 5.36. The number of hydrogen-bond acceptors (Lipinski definition) is 3. The van der Waals surface area contributed by atoms with Crippen LogP contribution < -0.4 is 10.5 Å². The third-order valence-electron chi connectivity index (χ3n) is 3.51. The molecule has 0 saturated carbocycles. The highest BCUT2D eigenvalue weighted by Gasteiger charge is 2.24. The first-order chi connectivity index (χ1) is 8.58. The van der Waals surface area contributed by atoms with Gasteiger partial charge in [-0.15, -0.1) is 0 Å². The molecule has 3 nitrogen and oxygen atoms in total. The average molecular weight is 249 g/mol. The number of aryl methyl sites for hydroxylation is 1. The maximum atomic E-state index is 6.07. The van der Waals surface area contributed by atoms with Gasteiger partial charge < -0.3 is 15.2 Å². The summed E-state index contributed by atoms with van der Waals surface area (Å²) in [6, 6.07) is 6.46. The lowest BCUT2D eigenvalue weighted by Crippen LogP contribution is -2.46. The molecule has 100 valence electrons. The van der Waals surface area contributed by atoms with Gasteiger partial charge in [0.15, 0.2) is 0 Å². The first kappa shape index (κ1) is 13.4. The van der Waals surface area contributed by atoms with Gasteiger partial charge in [0.2, 0.25) is 0 Å². The van der Waals surface area contributed by atoms with E-state index in [1.165, 1.54) is 5.56 Å². The van der Waals surface area contributed by atoms with Crippen molar-refractivity contribution in [3.63, 3.8) is 0 Å². The summed E-state index contributed by atoms with van der Waals surface area (Å²) in [6.45, 7) is 7.76. The highest BCUT2D eigenvalue weighted by Crippen LogP contribution is 2.26. The molecule has 0 bridgehead atoms. The van der Waals surface area contributed by atoms with Gasteiger partial charge in [0.25, 0.3) is 0 Å². The van der Waals surface area contributed by atoms with E-state index < -0.39 is 0 Å². The summed E-state index contributed by atoms with van der Waals surface area (Å²) < 4.78 is 11.5. The Kier molecular flexibility index (Phi) is 4.25. The summed E-state index contributed by atoms with van der Waals surface area (Å²) in [4.78, 5) is 0. The lowest BCUT2D eigenvalue weighted by atomic mass is 10.0. The van der Waals surface area contributed by atoms with Crippen molar-refractivity contribution in [1.82, 2.24) is 0 Å². The normalized spacial score (nSPS) is 24.3. The van der Waals surface area contributed by atoms with Crippen LogP contribution >= 0.6 is 0 Å². The van der Waals surface area contributed by atoms with Crippen LogP contribution in [0.3, 0.4) is 0 Å². The molecule has 1 aliphatic rings. The van der Waals surface area contributed by atoms with Crippen LogP contribution in [0, 0.1) is 6.92 Å². The van der Waals surface area contributed by atoms with Crippen LogP contribution in [0.15, 0.2) is 18.2 Å². The summed E-state index contributed by atoms with van der Waals surface area (Å²) >= 11 is 0. The highest BCUT2D eigenvalue weighted by molar-refractivity contribution is 5.38.